The number of unbranched alkanes of at least 4 members (excludes halogenated alkanes) is 1. The fourth-order valence-electron chi connectivity index (χ4n) is 3.00. The van der Waals surface area contributed by atoms with Crippen LogP contribution < -0.4 is 0 Å². The van der Waals surface area contributed by atoms with Crippen LogP contribution in [-0.2, 0) is 9.57 Å². The molecular formula is C19H24FN3O3. The quantitative estimate of drug-likeness (QED) is 0.615. The number of nitrogens with zero attached hydrogens (tertiary/aromatic N) is 2. The van der Waals surface area contributed by atoms with Gasteiger partial charge in [0.15, 0.2) is 0 Å². The molecule has 1 atom stereocenters. The molecule has 6 nitrogen and oxygen atoms in total. The van der Waals surface area contributed by atoms with E-state index in [0.717, 1.165) is 42.8 Å². The number of aromatic nitrogens is 2. The van der Waals surface area contributed by atoms with Crippen LogP contribution in [0.15, 0.2) is 30.5 Å². The normalized spacial score (nSPS) is 17.8. The van der Waals surface area contributed by atoms with Crippen LogP contribution in [0, 0.1) is 5.82 Å². The molecule has 1 aromatic heterocycles. The monoisotopic (exact) mass is 361 g/mol. The summed E-state index contributed by atoms with van der Waals surface area (Å²) in [6, 6.07) is 6.29. The Balaban J connectivity index is 1.58. The highest BCUT2D eigenvalue weighted by Gasteiger charge is 2.26. The number of imidazole rings is 1. The maximum absolute atomic E-state index is 13.1. The Morgan fingerprint density at radius 2 is 2.19 bits per heavy atom. The fraction of sp³-hybridized carbons (Fsp3) is 0.474. The zero-order chi connectivity index (χ0) is 18.4. The molecule has 1 saturated heterocycles. The molecule has 2 heterocycles. The van der Waals surface area contributed by atoms with Gasteiger partial charge >= 0.3 is 6.16 Å². The van der Waals surface area contributed by atoms with Gasteiger partial charge in [0.25, 0.3) is 0 Å². The minimum atomic E-state index is -0.648. The van der Waals surface area contributed by atoms with Gasteiger partial charge in [-0.15, -0.1) is 5.06 Å². The molecule has 140 valence electrons. The zero-order valence-corrected chi connectivity index (χ0v) is 14.9. The summed E-state index contributed by atoms with van der Waals surface area (Å²) in [4.78, 5) is 24.8. The van der Waals surface area contributed by atoms with Gasteiger partial charge in [-0.3, -0.25) is 0 Å². The Morgan fingerprint density at radius 3 is 2.96 bits per heavy atom. The minimum absolute atomic E-state index is 0.140. The highest BCUT2D eigenvalue weighted by Crippen LogP contribution is 2.27. The summed E-state index contributed by atoms with van der Waals surface area (Å²) in [6.45, 7) is 3.67. The third kappa shape index (κ3) is 4.82. The van der Waals surface area contributed by atoms with Crippen molar-refractivity contribution in [2.24, 2.45) is 0 Å². The average Bonchev–Trinajstić information content (AvgIpc) is 3.13. The van der Waals surface area contributed by atoms with E-state index in [1.165, 1.54) is 12.1 Å². The van der Waals surface area contributed by atoms with Gasteiger partial charge in [-0.25, -0.2) is 14.2 Å². The Kier molecular flexibility index (Phi) is 6.22. The molecule has 26 heavy (non-hydrogen) atoms. The second kappa shape index (κ2) is 8.80. The van der Waals surface area contributed by atoms with Crippen LogP contribution in [0.2, 0.25) is 0 Å². The number of carbonyl (C=O) groups excluding carboxylic acids is 1. The summed E-state index contributed by atoms with van der Waals surface area (Å²) in [7, 11) is 0. The van der Waals surface area contributed by atoms with Crippen molar-refractivity contribution in [2.75, 3.05) is 19.7 Å². The molecule has 1 aromatic carbocycles. The van der Waals surface area contributed by atoms with Crippen LogP contribution in [0.4, 0.5) is 9.18 Å². The molecule has 7 heteroatoms. The number of nitrogens with one attached hydrogen (secondary N) is 1. The summed E-state index contributed by atoms with van der Waals surface area (Å²) >= 11 is 0. The molecule has 1 aliphatic heterocycles. The minimum Gasteiger partial charge on any atom is -0.433 e. The van der Waals surface area contributed by atoms with Gasteiger partial charge in [0.2, 0.25) is 0 Å². The first-order chi connectivity index (χ1) is 12.7. The maximum atomic E-state index is 13.1. The molecule has 1 unspecified atom stereocenters. The van der Waals surface area contributed by atoms with Crippen molar-refractivity contribution in [2.45, 2.75) is 38.5 Å². The molecule has 0 spiro atoms. The molecule has 3 rings (SSSR count). The van der Waals surface area contributed by atoms with Gasteiger partial charge < -0.3 is 14.6 Å². The Morgan fingerprint density at radius 1 is 1.38 bits per heavy atom. The van der Waals surface area contributed by atoms with Gasteiger partial charge in [0.1, 0.15) is 11.6 Å². The number of rotatable bonds is 6. The average molecular weight is 361 g/mol. The Hall–Kier alpha value is -2.41. The molecule has 0 radical (unpaired) electrons. The van der Waals surface area contributed by atoms with Crippen molar-refractivity contribution in [3.8, 4) is 11.3 Å². The molecule has 0 bridgehead atoms. The lowest BCUT2D eigenvalue weighted by molar-refractivity contribution is -0.141. The number of ether oxygens (including phenoxy) is 1. The van der Waals surface area contributed by atoms with Crippen molar-refractivity contribution >= 4 is 6.16 Å². The standard InChI is InChI=1S/C19H24FN3O3/c1-2-3-11-25-19(24)26-23-10-4-5-15(13-23)18-21-12-17(22-18)14-6-8-16(20)9-7-14/h6-9,12,15H,2-5,10-11,13H2,1H3,(H,21,22). The first kappa shape index (κ1) is 18.4. The van der Waals surface area contributed by atoms with Gasteiger partial charge in [-0.1, -0.05) is 13.3 Å². The fourth-order valence-corrected chi connectivity index (χ4v) is 3.00. The van der Waals surface area contributed by atoms with Crippen molar-refractivity contribution in [3.63, 3.8) is 0 Å². The van der Waals surface area contributed by atoms with Crippen molar-refractivity contribution in [3.05, 3.63) is 42.1 Å². The number of benzene rings is 1. The number of aromatic amines is 1. The Bertz CT molecular complexity index is 717. The molecular weight excluding hydrogens is 337 g/mol. The van der Waals surface area contributed by atoms with E-state index < -0.39 is 6.16 Å². The highest BCUT2D eigenvalue weighted by atomic mass is 19.1. The van der Waals surface area contributed by atoms with Crippen molar-refractivity contribution < 1.29 is 18.8 Å². The van der Waals surface area contributed by atoms with Crippen LogP contribution in [0.5, 0.6) is 0 Å². The molecule has 0 saturated carbocycles. The lowest BCUT2D eigenvalue weighted by Gasteiger charge is -2.29. The van der Waals surface area contributed by atoms with Gasteiger partial charge in [0.05, 0.1) is 18.5 Å². The second-order valence-corrected chi connectivity index (χ2v) is 6.46. The summed E-state index contributed by atoms with van der Waals surface area (Å²) in [6.07, 6.45) is 4.76. The largest absolute Gasteiger partial charge is 0.527 e. The lowest BCUT2D eigenvalue weighted by atomic mass is 9.99. The topological polar surface area (TPSA) is 67.5 Å². The van der Waals surface area contributed by atoms with E-state index in [4.69, 9.17) is 9.57 Å². The third-order valence-electron chi connectivity index (χ3n) is 4.44. The van der Waals surface area contributed by atoms with Gasteiger partial charge in [-0.05, 0) is 49.1 Å². The molecule has 0 aliphatic carbocycles. The van der Waals surface area contributed by atoms with Crippen molar-refractivity contribution in [1.82, 2.24) is 15.0 Å². The first-order valence-corrected chi connectivity index (χ1v) is 9.06. The van der Waals surface area contributed by atoms with Crippen LogP contribution >= 0.6 is 0 Å². The highest BCUT2D eigenvalue weighted by molar-refractivity contribution is 5.59. The molecule has 2 aromatic rings. The zero-order valence-electron chi connectivity index (χ0n) is 14.9. The SMILES string of the molecule is CCCCOC(=O)ON1CCCC(c2ncc(-c3ccc(F)cc3)[nH]2)C1. The first-order valence-electron chi connectivity index (χ1n) is 9.06. The predicted molar refractivity (Wildman–Crippen MR) is 94.9 cm³/mol. The summed E-state index contributed by atoms with van der Waals surface area (Å²) in [5, 5.41) is 1.64. The van der Waals surface area contributed by atoms with E-state index >= 15 is 0 Å². The summed E-state index contributed by atoms with van der Waals surface area (Å²) in [5.41, 5.74) is 1.73. The molecule has 1 N–H and O–H groups in total. The predicted octanol–water partition coefficient (Wildman–Crippen LogP) is 4.26. The third-order valence-corrected chi connectivity index (χ3v) is 4.44. The number of H-pyrrole nitrogens is 1. The Labute approximate surface area is 152 Å². The number of hydrogen-bond acceptors (Lipinski definition) is 5. The van der Waals surface area contributed by atoms with E-state index in [1.807, 2.05) is 6.92 Å². The number of hydroxylamine groups is 2. The summed E-state index contributed by atoms with van der Waals surface area (Å²) in [5.74, 6) is 0.720. The molecule has 1 aliphatic rings. The lowest BCUT2D eigenvalue weighted by Crippen LogP contribution is -2.36. The maximum Gasteiger partial charge on any atom is 0.527 e. The number of carbonyl (C=O) groups is 1. The number of hydrogen-bond donors (Lipinski definition) is 1. The van der Waals surface area contributed by atoms with Crippen LogP contribution in [0.3, 0.4) is 0 Å². The van der Waals surface area contributed by atoms with Gasteiger partial charge in [0, 0.05) is 19.0 Å². The second-order valence-electron chi connectivity index (χ2n) is 6.46. The number of halogens is 1. The van der Waals surface area contributed by atoms with Crippen LogP contribution in [0.25, 0.3) is 11.3 Å². The number of piperidine rings is 1. The smallest absolute Gasteiger partial charge is 0.433 e. The molecule has 0 amide bonds. The van der Waals surface area contributed by atoms with Crippen LogP contribution in [0.1, 0.15) is 44.3 Å². The van der Waals surface area contributed by atoms with Crippen molar-refractivity contribution in [1.29, 1.82) is 0 Å². The van der Waals surface area contributed by atoms with E-state index in [1.54, 1.807) is 23.4 Å². The van der Waals surface area contributed by atoms with E-state index in [-0.39, 0.29) is 11.7 Å². The van der Waals surface area contributed by atoms with Gasteiger partial charge in [-0.2, -0.15) is 0 Å². The van der Waals surface area contributed by atoms with E-state index in [9.17, 15) is 9.18 Å². The van der Waals surface area contributed by atoms with Crippen LogP contribution in [-0.4, -0.2) is 40.9 Å². The van der Waals surface area contributed by atoms with E-state index in [2.05, 4.69) is 9.97 Å². The van der Waals surface area contributed by atoms with E-state index in [0.29, 0.717) is 19.7 Å². The summed E-state index contributed by atoms with van der Waals surface area (Å²) < 4.78 is 18.1. The molecule has 1 fully saturated rings.